The molecule has 2 heterocycles. The predicted octanol–water partition coefficient (Wildman–Crippen LogP) is 3.58. The molecule has 0 radical (unpaired) electrons. The fourth-order valence-electron chi connectivity index (χ4n) is 2.86. The predicted molar refractivity (Wildman–Crippen MR) is 105 cm³/mol. The Bertz CT molecular complexity index is 651. The molecule has 25 heavy (non-hydrogen) atoms. The van der Waals surface area contributed by atoms with E-state index in [-0.39, 0.29) is 5.91 Å². The topological polar surface area (TPSA) is 32.8 Å². The molecule has 0 atom stereocenters. The van der Waals surface area contributed by atoms with Crippen molar-refractivity contribution in [3.05, 3.63) is 46.7 Å². The maximum Gasteiger partial charge on any atom is 0.223 e. The first-order valence-corrected chi connectivity index (χ1v) is 10.4. The molecule has 2 aromatic rings. The molecule has 1 aromatic carbocycles. The van der Waals surface area contributed by atoms with Crippen LogP contribution in [0.1, 0.15) is 11.3 Å². The van der Waals surface area contributed by atoms with Gasteiger partial charge >= 0.3 is 0 Å². The first kappa shape index (κ1) is 18.3. The summed E-state index contributed by atoms with van der Waals surface area (Å²) in [5.41, 5.74) is 0. The third-order valence-electron chi connectivity index (χ3n) is 4.33. The summed E-state index contributed by atoms with van der Waals surface area (Å²) in [6.07, 6.45) is 0.599. The number of benzene rings is 1. The molecule has 1 saturated heterocycles. The highest BCUT2D eigenvalue weighted by Gasteiger charge is 2.20. The number of piperazine rings is 1. The Morgan fingerprint density at radius 3 is 2.56 bits per heavy atom. The smallest absolute Gasteiger partial charge is 0.223 e. The van der Waals surface area contributed by atoms with Crippen molar-refractivity contribution in [1.29, 1.82) is 0 Å². The second kappa shape index (κ2) is 9.27. The lowest BCUT2D eigenvalue weighted by molar-refractivity contribution is -0.132. The highest BCUT2D eigenvalue weighted by Crippen LogP contribution is 2.22. The first-order chi connectivity index (χ1) is 12.2. The van der Waals surface area contributed by atoms with Crippen LogP contribution in [0.25, 0.3) is 0 Å². The number of thioether (sulfide) groups is 1. The third-order valence-corrected chi connectivity index (χ3v) is 6.20. The number of hydrogen-bond acceptors (Lipinski definition) is 5. The molecule has 6 heteroatoms. The second-order valence-electron chi connectivity index (χ2n) is 6.01. The lowest BCUT2D eigenvalue weighted by atomic mass is 10.2. The van der Waals surface area contributed by atoms with E-state index in [4.69, 9.17) is 4.74 Å². The molecule has 1 aromatic heterocycles. The van der Waals surface area contributed by atoms with Crippen LogP contribution in [0, 0.1) is 0 Å². The van der Waals surface area contributed by atoms with Crippen molar-refractivity contribution in [1.82, 2.24) is 9.80 Å². The molecule has 134 valence electrons. The number of hydrogen-bond donors (Lipinski definition) is 0. The van der Waals surface area contributed by atoms with Crippen molar-refractivity contribution in [2.24, 2.45) is 0 Å². The van der Waals surface area contributed by atoms with Crippen molar-refractivity contribution in [3.63, 3.8) is 0 Å². The first-order valence-electron chi connectivity index (χ1n) is 8.54. The monoisotopic (exact) mass is 376 g/mol. The van der Waals surface area contributed by atoms with E-state index in [1.807, 2.05) is 29.2 Å². The average Bonchev–Trinajstić information content (AvgIpc) is 3.16. The Hall–Kier alpha value is -1.50. The fraction of sp³-hybridized carbons (Fsp3) is 0.421. The van der Waals surface area contributed by atoms with Crippen LogP contribution in [0.4, 0.5) is 0 Å². The molecular weight excluding hydrogens is 352 g/mol. The summed E-state index contributed by atoms with van der Waals surface area (Å²) >= 11 is 3.53. The molecule has 4 nitrogen and oxygen atoms in total. The van der Waals surface area contributed by atoms with E-state index >= 15 is 0 Å². The summed E-state index contributed by atoms with van der Waals surface area (Å²) in [5, 5.41) is 2.12. The van der Waals surface area contributed by atoms with Gasteiger partial charge in [0.15, 0.2) is 0 Å². The summed E-state index contributed by atoms with van der Waals surface area (Å²) in [6, 6.07) is 12.3. The number of rotatable bonds is 7. The Balaban J connectivity index is 1.36. The van der Waals surface area contributed by atoms with Gasteiger partial charge in [-0.15, -0.1) is 23.1 Å². The summed E-state index contributed by atoms with van der Waals surface area (Å²) in [7, 11) is 1.67. The maximum atomic E-state index is 12.4. The maximum absolute atomic E-state index is 12.4. The van der Waals surface area contributed by atoms with Crippen molar-refractivity contribution >= 4 is 29.0 Å². The Labute approximate surface area is 157 Å². The van der Waals surface area contributed by atoms with Crippen molar-refractivity contribution in [3.8, 4) is 5.75 Å². The second-order valence-corrected chi connectivity index (χ2v) is 8.21. The third kappa shape index (κ3) is 5.49. The van der Waals surface area contributed by atoms with Crippen LogP contribution in [0.2, 0.25) is 0 Å². The van der Waals surface area contributed by atoms with Crippen molar-refractivity contribution < 1.29 is 9.53 Å². The van der Waals surface area contributed by atoms with Crippen molar-refractivity contribution in [2.75, 3.05) is 39.0 Å². The fourth-order valence-corrected chi connectivity index (χ4v) is 4.45. The zero-order valence-electron chi connectivity index (χ0n) is 14.5. The normalized spacial score (nSPS) is 15.3. The zero-order valence-corrected chi connectivity index (χ0v) is 16.2. The number of carbonyl (C=O) groups excluding carboxylic acids is 1. The van der Waals surface area contributed by atoms with Crippen LogP contribution >= 0.6 is 23.1 Å². The number of carbonyl (C=O) groups is 1. The Kier molecular flexibility index (Phi) is 6.78. The van der Waals surface area contributed by atoms with E-state index in [0.717, 1.165) is 44.2 Å². The number of amides is 1. The lowest BCUT2D eigenvalue weighted by Crippen LogP contribution is -2.48. The molecule has 0 spiro atoms. The van der Waals surface area contributed by atoms with Gasteiger partial charge in [0, 0.05) is 54.7 Å². The van der Waals surface area contributed by atoms with Gasteiger partial charge in [-0.3, -0.25) is 9.69 Å². The van der Waals surface area contributed by atoms with Crippen LogP contribution in [0.5, 0.6) is 5.75 Å². The quantitative estimate of drug-likeness (QED) is 0.692. The standard InChI is InChI=1S/C19H24N2O2S2/c1-23-16-4-6-17(7-5-16)25-14-8-19(22)21-11-9-20(10-12-21)15-18-3-2-13-24-18/h2-7,13H,8-12,14-15H2,1H3. The highest BCUT2D eigenvalue weighted by atomic mass is 32.2. The molecule has 0 aliphatic carbocycles. The van der Waals surface area contributed by atoms with Gasteiger partial charge in [0.2, 0.25) is 5.91 Å². The molecule has 1 aliphatic heterocycles. The molecule has 1 amide bonds. The minimum absolute atomic E-state index is 0.275. The molecule has 1 fully saturated rings. The van der Waals surface area contributed by atoms with Crippen LogP contribution in [-0.4, -0.2) is 54.7 Å². The molecule has 0 unspecified atom stereocenters. The van der Waals surface area contributed by atoms with E-state index in [9.17, 15) is 4.79 Å². The van der Waals surface area contributed by atoms with Crippen LogP contribution < -0.4 is 4.74 Å². The molecule has 1 aliphatic rings. The lowest BCUT2D eigenvalue weighted by Gasteiger charge is -2.34. The molecule has 0 saturated carbocycles. The summed E-state index contributed by atoms with van der Waals surface area (Å²) in [4.78, 5) is 19.4. The average molecular weight is 377 g/mol. The number of nitrogens with zero attached hydrogens (tertiary/aromatic N) is 2. The molecular formula is C19H24N2O2S2. The van der Waals surface area contributed by atoms with E-state index in [1.165, 1.54) is 9.77 Å². The summed E-state index contributed by atoms with van der Waals surface area (Å²) in [5.74, 6) is 1.96. The van der Waals surface area contributed by atoms with Crippen LogP contribution in [-0.2, 0) is 11.3 Å². The van der Waals surface area contributed by atoms with Crippen LogP contribution in [0.15, 0.2) is 46.7 Å². The van der Waals surface area contributed by atoms with Crippen LogP contribution in [0.3, 0.4) is 0 Å². The number of ether oxygens (including phenoxy) is 1. The number of methoxy groups -OCH3 is 1. The molecule has 0 bridgehead atoms. The van der Waals surface area contributed by atoms with Gasteiger partial charge in [-0.05, 0) is 35.7 Å². The van der Waals surface area contributed by atoms with Gasteiger partial charge in [0.05, 0.1) is 7.11 Å². The van der Waals surface area contributed by atoms with Gasteiger partial charge < -0.3 is 9.64 Å². The van der Waals surface area contributed by atoms with Gasteiger partial charge in [0.25, 0.3) is 0 Å². The molecule has 3 rings (SSSR count). The van der Waals surface area contributed by atoms with E-state index in [0.29, 0.717) is 6.42 Å². The summed E-state index contributed by atoms with van der Waals surface area (Å²) in [6.45, 7) is 4.63. The van der Waals surface area contributed by atoms with Crippen molar-refractivity contribution in [2.45, 2.75) is 17.9 Å². The minimum atomic E-state index is 0.275. The Morgan fingerprint density at radius 1 is 1.16 bits per heavy atom. The van der Waals surface area contributed by atoms with E-state index in [1.54, 1.807) is 30.2 Å². The zero-order chi connectivity index (χ0) is 17.5. The van der Waals surface area contributed by atoms with Gasteiger partial charge in [-0.2, -0.15) is 0 Å². The number of thiophene rings is 1. The summed E-state index contributed by atoms with van der Waals surface area (Å²) < 4.78 is 5.16. The van der Waals surface area contributed by atoms with Gasteiger partial charge in [-0.1, -0.05) is 6.07 Å². The minimum Gasteiger partial charge on any atom is -0.497 e. The van der Waals surface area contributed by atoms with E-state index in [2.05, 4.69) is 22.4 Å². The Morgan fingerprint density at radius 2 is 1.92 bits per heavy atom. The van der Waals surface area contributed by atoms with Gasteiger partial charge in [-0.25, -0.2) is 0 Å². The molecule has 0 N–H and O–H groups in total. The largest absolute Gasteiger partial charge is 0.497 e. The highest BCUT2D eigenvalue weighted by molar-refractivity contribution is 7.99. The van der Waals surface area contributed by atoms with Gasteiger partial charge in [0.1, 0.15) is 5.75 Å². The SMILES string of the molecule is COc1ccc(SCCC(=O)N2CCN(Cc3cccs3)CC2)cc1. The van der Waals surface area contributed by atoms with E-state index < -0.39 is 0 Å².